The number of nitrogens with two attached hydrogens (primary N) is 1. The topological polar surface area (TPSA) is 153 Å². The fourth-order valence-electron chi connectivity index (χ4n) is 1.87. The highest BCUT2D eigenvalue weighted by molar-refractivity contribution is 5.17. The molecule has 1 fully saturated rings. The van der Waals surface area contributed by atoms with Crippen molar-refractivity contribution in [1.82, 2.24) is 14.5 Å². The van der Waals surface area contributed by atoms with Gasteiger partial charge in [-0.15, -0.1) is 0 Å². The number of aliphatic hydroxyl groups excluding tert-OH is 3. The number of nitrogens with zero attached hydrogens (tertiary/aromatic N) is 3. The summed E-state index contributed by atoms with van der Waals surface area (Å²) >= 11 is 0. The van der Waals surface area contributed by atoms with Gasteiger partial charge in [0.1, 0.15) is 18.3 Å². The van der Waals surface area contributed by atoms with Crippen molar-refractivity contribution in [2.45, 2.75) is 24.5 Å². The molecule has 1 saturated heterocycles. The van der Waals surface area contributed by atoms with E-state index in [1.807, 2.05) is 0 Å². The van der Waals surface area contributed by atoms with Crippen molar-refractivity contribution in [3.05, 3.63) is 10.5 Å². The normalized spacial score (nSPS) is 30.5. The van der Waals surface area contributed by atoms with Gasteiger partial charge in [0.05, 0.1) is 13.7 Å². The molecule has 0 unspecified atom stereocenters. The minimum atomic E-state index is -1.43. The highest BCUT2D eigenvalue weighted by atomic mass is 16.6. The Morgan fingerprint density at radius 3 is 2.63 bits per heavy atom. The maximum atomic E-state index is 11.8. The molecule has 4 atom stereocenters. The fraction of sp³-hybridized carbons (Fsp3) is 0.667. The Labute approximate surface area is 107 Å². The van der Waals surface area contributed by atoms with E-state index in [-0.39, 0.29) is 12.0 Å². The van der Waals surface area contributed by atoms with Gasteiger partial charge in [-0.2, -0.15) is 9.97 Å². The molecule has 10 nitrogen and oxygen atoms in total. The average molecular weight is 274 g/mol. The van der Waals surface area contributed by atoms with Crippen LogP contribution in [0, 0.1) is 0 Å². The molecule has 0 aliphatic carbocycles. The van der Waals surface area contributed by atoms with Crippen molar-refractivity contribution in [3.8, 4) is 6.01 Å². The lowest BCUT2D eigenvalue weighted by Gasteiger charge is -2.18. The molecule has 0 spiro atoms. The molecule has 0 bridgehead atoms. The Bertz CT molecular complexity index is 520. The minimum Gasteiger partial charge on any atom is -0.468 e. The van der Waals surface area contributed by atoms with Gasteiger partial charge in [-0.3, -0.25) is 0 Å². The van der Waals surface area contributed by atoms with Gasteiger partial charge in [0.2, 0.25) is 5.95 Å². The summed E-state index contributed by atoms with van der Waals surface area (Å²) in [6.07, 6.45) is -5.07. The van der Waals surface area contributed by atoms with Crippen LogP contribution in [-0.2, 0) is 4.74 Å². The Morgan fingerprint density at radius 2 is 2.11 bits per heavy atom. The van der Waals surface area contributed by atoms with Gasteiger partial charge in [0, 0.05) is 0 Å². The molecule has 2 rings (SSSR count). The zero-order chi connectivity index (χ0) is 14.2. The zero-order valence-corrected chi connectivity index (χ0v) is 10.0. The van der Waals surface area contributed by atoms with E-state index in [9.17, 15) is 15.0 Å². The smallest absolute Gasteiger partial charge is 0.357 e. The number of rotatable bonds is 3. The molecule has 5 N–H and O–H groups in total. The summed E-state index contributed by atoms with van der Waals surface area (Å²) < 4.78 is 10.9. The lowest BCUT2D eigenvalue weighted by molar-refractivity contribution is -0.0585. The van der Waals surface area contributed by atoms with E-state index in [0.717, 1.165) is 4.57 Å². The van der Waals surface area contributed by atoms with Crippen molar-refractivity contribution in [2.75, 3.05) is 19.5 Å². The van der Waals surface area contributed by atoms with E-state index in [0.29, 0.717) is 0 Å². The number of ether oxygens (including phenoxy) is 2. The summed E-state index contributed by atoms with van der Waals surface area (Å²) in [5.41, 5.74) is 4.46. The maximum Gasteiger partial charge on any atom is 0.357 e. The number of nitrogen functional groups attached to an aromatic ring is 1. The van der Waals surface area contributed by atoms with Crippen molar-refractivity contribution in [2.24, 2.45) is 0 Å². The molecule has 106 valence electrons. The van der Waals surface area contributed by atoms with E-state index in [2.05, 4.69) is 9.97 Å². The Kier molecular flexibility index (Phi) is 3.66. The summed E-state index contributed by atoms with van der Waals surface area (Å²) in [6, 6.07) is -0.215. The average Bonchev–Trinajstić information content (AvgIpc) is 2.65. The van der Waals surface area contributed by atoms with E-state index in [1.165, 1.54) is 7.11 Å². The Balaban J connectivity index is 2.45. The third-order valence-electron chi connectivity index (χ3n) is 2.79. The van der Waals surface area contributed by atoms with Gasteiger partial charge in [-0.05, 0) is 0 Å². The number of aliphatic hydroxyl groups is 3. The number of aromatic nitrogens is 3. The molecular formula is C9H14N4O6. The predicted molar refractivity (Wildman–Crippen MR) is 60.3 cm³/mol. The SMILES string of the molecule is COc1nc(N)nc(=O)n1[C@@H]1O[C@H](CO)[C@@H](O)[C@H]1O. The summed E-state index contributed by atoms with van der Waals surface area (Å²) in [4.78, 5) is 18.8. The molecule has 1 aromatic heterocycles. The van der Waals surface area contributed by atoms with E-state index < -0.39 is 36.8 Å². The van der Waals surface area contributed by atoms with E-state index in [4.69, 9.17) is 20.3 Å². The van der Waals surface area contributed by atoms with Crippen LogP contribution in [0.25, 0.3) is 0 Å². The molecule has 2 heterocycles. The van der Waals surface area contributed by atoms with Crippen LogP contribution in [-0.4, -0.2) is 61.9 Å². The van der Waals surface area contributed by atoms with Crippen LogP contribution in [0.15, 0.2) is 4.79 Å². The summed E-state index contributed by atoms with van der Waals surface area (Å²) in [7, 11) is 1.25. The standard InChI is InChI=1S/C9H14N4O6/c1-18-9-12-7(10)11-8(17)13(9)6-5(16)4(15)3(2-14)19-6/h3-6,14-16H,2H2,1H3,(H2,10,11,17)/t3-,4-,5-,6-/m1/s1. The number of methoxy groups -OCH3 is 1. The molecule has 1 aliphatic rings. The first-order valence-electron chi connectivity index (χ1n) is 5.42. The van der Waals surface area contributed by atoms with Crippen LogP contribution in [0.1, 0.15) is 6.23 Å². The quantitative estimate of drug-likeness (QED) is 0.447. The van der Waals surface area contributed by atoms with Crippen LogP contribution < -0.4 is 16.2 Å². The molecule has 0 saturated carbocycles. The Morgan fingerprint density at radius 1 is 1.42 bits per heavy atom. The highest BCUT2D eigenvalue weighted by Crippen LogP contribution is 2.30. The first-order valence-corrected chi connectivity index (χ1v) is 5.42. The third-order valence-corrected chi connectivity index (χ3v) is 2.79. The van der Waals surface area contributed by atoms with Gasteiger partial charge in [0.25, 0.3) is 0 Å². The van der Waals surface area contributed by atoms with Crippen LogP contribution in [0.4, 0.5) is 5.95 Å². The highest BCUT2D eigenvalue weighted by Gasteiger charge is 2.45. The van der Waals surface area contributed by atoms with Crippen LogP contribution >= 0.6 is 0 Å². The van der Waals surface area contributed by atoms with Gasteiger partial charge < -0.3 is 30.5 Å². The largest absolute Gasteiger partial charge is 0.468 e. The van der Waals surface area contributed by atoms with Crippen molar-refractivity contribution < 1.29 is 24.8 Å². The second kappa shape index (κ2) is 5.09. The number of hydrogen-bond donors (Lipinski definition) is 4. The molecule has 0 amide bonds. The molecule has 1 aliphatic heterocycles. The maximum absolute atomic E-state index is 11.8. The lowest BCUT2D eigenvalue weighted by Crippen LogP contribution is -2.37. The van der Waals surface area contributed by atoms with Crippen molar-refractivity contribution >= 4 is 5.95 Å². The third kappa shape index (κ3) is 2.26. The monoisotopic (exact) mass is 274 g/mol. The minimum absolute atomic E-state index is 0.215. The van der Waals surface area contributed by atoms with Gasteiger partial charge in [-0.25, -0.2) is 9.36 Å². The summed E-state index contributed by atoms with van der Waals surface area (Å²) in [5, 5.41) is 28.5. The van der Waals surface area contributed by atoms with E-state index >= 15 is 0 Å². The zero-order valence-electron chi connectivity index (χ0n) is 10.0. The molecular weight excluding hydrogens is 260 g/mol. The Hall–Kier alpha value is -1.75. The first kappa shape index (κ1) is 13.7. The van der Waals surface area contributed by atoms with Gasteiger partial charge in [-0.1, -0.05) is 0 Å². The van der Waals surface area contributed by atoms with Crippen LogP contribution in [0.5, 0.6) is 6.01 Å². The van der Waals surface area contributed by atoms with Gasteiger partial charge in [0.15, 0.2) is 6.23 Å². The second-order valence-electron chi connectivity index (χ2n) is 3.95. The van der Waals surface area contributed by atoms with Crippen LogP contribution in [0.2, 0.25) is 0 Å². The molecule has 19 heavy (non-hydrogen) atoms. The van der Waals surface area contributed by atoms with E-state index in [1.54, 1.807) is 0 Å². The number of anilines is 1. The second-order valence-corrected chi connectivity index (χ2v) is 3.95. The molecule has 10 heteroatoms. The summed E-state index contributed by atoms with van der Waals surface area (Å²) in [6.45, 7) is -0.512. The summed E-state index contributed by atoms with van der Waals surface area (Å²) in [5.74, 6) is -0.287. The molecule has 0 radical (unpaired) electrons. The first-order chi connectivity index (χ1) is 8.99. The molecule has 0 aromatic carbocycles. The predicted octanol–water partition coefficient (Wildman–Crippen LogP) is -3.16. The van der Waals surface area contributed by atoms with Crippen LogP contribution in [0.3, 0.4) is 0 Å². The lowest BCUT2D eigenvalue weighted by atomic mass is 10.1. The van der Waals surface area contributed by atoms with Crippen molar-refractivity contribution in [1.29, 1.82) is 0 Å². The fourth-order valence-corrected chi connectivity index (χ4v) is 1.87. The van der Waals surface area contributed by atoms with Gasteiger partial charge >= 0.3 is 11.7 Å². The number of hydrogen-bond acceptors (Lipinski definition) is 9. The van der Waals surface area contributed by atoms with Crippen molar-refractivity contribution in [3.63, 3.8) is 0 Å². The molecule has 1 aromatic rings.